The highest BCUT2D eigenvalue weighted by Crippen LogP contribution is 2.21. The zero-order valence-corrected chi connectivity index (χ0v) is 13.4. The van der Waals surface area contributed by atoms with Crippen molar-refractivity contribution in [2.45, 2.75) is 11.8 Å². The largest absolute Gasteiger partial charge is 0.276 e. The second-order valence-electron chi connectivity index (χ2n) is 4.23. The van der Waals surface area contributed by atoms with Crippen molar-refractivity contribution in [2.75, 3.05) is 0 Å². The van der Waals surface area contributed by atoms with Crippen LogP contribution in [0.15, 0.2) is 58.5 Å². The predicted molar refractivity (Wildman–Crippen MR) is 85.4 cm³/mol. The summed E-state index contributed by atoms with van der Waals surface area (Å²) in [6.45, 7) is 1.64. The van der Waals surface area contributed by atoms with Gasteiger partial charge in [-0.1, -0.05) is 41.4 Å². The van der Waals surface area contributed by atoms with E-state index in [2.05, 4.69) is 9.93 Å². The van der Waals surface area contributed by atoms with Crippen LogP contribution in [-0.2, 0) is 10.0 Å². The molecule has 0 fully saturated rings. The van der Waals surface area contributed by atoms with Gasteiger partial charge in [0.05, 0.1) is 10.6 Å². The first-order chi connectivity index (χ1) is 9.90. The molecule has 2 aromatic rings. The van der Waals surface area contributed by atoms with Crippen LogP contribution in [0, 0.1) is 0 Å². The summed E-state index contributed by atoms with van der Waals surface area (Å²) in [5.41, 5.74) is 0.988. The number of nitrogens with zero attached hydrogens (tertiary/aromatic N) is 1. The van der Waals surface area contributed by atoms with Gasteiger partial charge in [-0.05, 0) is 37.3 Å². The lowest BCUT2D eigenvalue weighted by Crippen LogP contribution is -2.20. The van der Waals surface area contributed by atoms with Gasteiger partial charge in [0, 0.05) is 15.6 Å². The molecule has 0 bridgehead atoms. The van der Waals surface area contributed by atoms with Gasteiger partial charge >= 0.3 is 0 Å². The van der Waals surface area contributed by atoms with Crippen LogP contribution >= 0.6 is 23.2 Å². The maximum absolute atomic E-state index is 12.0. The summed E-state index contributed by atoms with van der Waals surface area (Å²) in [4.78, 5) is 2.32. The molecule has 0 heterocycles. The van der Waals surface area contributed by atoms with E-state index in [1.165, 1.54) is 12.1 Å². The smallest absolute Gasteiger partial charge is 0.200 e. The van der Waals surface area contributed by atoms with Crippen molar-refractivity contribution in [3.05, 3.63) is 64.1 Å². The maximum atomic E-state index is 12.0. The Hall–Kier alpha value is -1.56. The summed E-state index contributed by atoms with van der Waals surface area (Å²) in [6, 6.07) is 12.9. The first kappa shape index (κ1) is 15.8. The molecule has 2 rings (SSSR count). The first-order valence-corrected chi connectivity index (χ1v) is 8.20. The molecule has 0 atom stereocenters. The van der Waals surface area contributed by atoms with Crippen LogP contribution in [-0.4, -0.2) is 14.1 Å². The normalized spacial score (nSPS) is 12.2. The second-order valence-corrected chi connectivity index (χ2v) is 6.73. The number of hydrogen-bond acceptors (Lipinski definition) is 3. The topological polar surface area (TPSA) is 58.5 Å². The number of hydrazone groups is 1. The summed E-state index contributed by atoms with van der Waals surface area (Å²) >= 11 is 11.9. The van der Waals surface area contributed by atoms with Crippen molar-refractivity contribution in [1.82, 2.24) is 4.83 Å². The molecule has 0 aliphatic rings. The van der Waals surface area contributed by atoms with E-state index in [1.807, 2.05) is 0 Å². The van der Waals surface area contributed by atoms with Crippen molar-refractivity contribution >= 4 is 38.9 Å². The molecule has 4 nitrogen and oxygen atoms in total. The molecule has 110 valence electrons. The van der Waals surface area contributed by atoms with E-state index in [4.69, 9.17) is 23.2 Å². The van der Waals surface area contributed by atoms with Crippen molar-refractivity contribution in [2.24, 2.45) is 5.10 Å². The molecule has 0 saturated heterocycles. The van der Waals surface area contributed by atoms with E-state index in [0.29, 0.717) is 21.3 Å². The lowest BCUT2D eigenvalue weighted by Gasteiger charge is -2.07. The van der Waals surface area contributed by atoms with Gasteiger partial charge in [0.1, 0.15) is 0 Å². The molecule has 0 aromatic heterocycles. The number of benzene rings is 2. The fraction of sp³-hybridized carbons (Fsp3) is 0.0714. The lowest BCUT2D eigenvalue weighted by molar-refractivity contribution is 0.584. The lowest BCUT2D eigenvalue weighted by atomic mass is 10.1. The third-order valence-electron chi connectivity index (χ3n) is 2.71. The van der Waals surface area contributed by atoms with Gasteiger partial charge in [0.15, 0.2) is 0 Å². The van der Waals surface area contributed by atoms with Crippen LogP contribution in [0.4, 0.5) is 0 Å². The third kappa shape index (κ3) is 3.97. The van der Waals surface area contributed by atoms with E-state index in [1.54, 1.807) is 43.3 Å². The average Bonchev–Trinajstić information content (AvgIpc) is 2.48. The Morgan fingerprint density at radius 1 is 1.10 bits per heavy atom. The van der Waals surface area contributed by atoms with Crippen LogP contribution in [0.2, 0.25) is 10.0 Å². The Labute approximate surface area is 133 Å². The second kappa shape index (κ2) is 6.47. The molecule has 0 aliphatic heterocycles. The number of halogens is 2. The molecule has 2 aromatic carbocycles. The first-order valence-electron chi connectivity index (χ1n) is 5.97. The Morgan fingerprint density at radius 3 is 2.43 bits per heavy atom. The minimum absolute atomic E-state index is 0.138. The van der Waals surface area contributed by atoms with E-state index in [-0.39, 0.29) is 4.90 Å². The monoisotopic (exact) mass is 342 g/mol. The van der Waals surface area contributed by atoms with Gasteiger partial charge in [-0.15, -0.1) is 0 Å². The van der Waals surface area contributed by atoms with Crippen molar-refractivity contribution in [3.63, 3.8) is 0 Å². The summed E-state index contributed by atoms with van der Waals surface area (Å²) in [7, 11) is -3.70. The number of hydrogen-bond donors (Lipinski definition) is 1. The summed E-state index contributed by atoms with van der Waals surface area (Å²) in [5, 5.41) is 4.82. The fourth-order valence-corrected chi connectivity index (χ4v) is 2.92. The van der Waals surface area contributed by atoms with Crippen LogP contribution < -0.4 is 4.83 Å². The fourth-order valence-electron chi connectivity index (χ4n) is 1.62. The highest BCUT2D eigenvalue weighted by Gasteiger charge is 2.12. The zero-order chi connectivity index (χ0) is 15.5. The highest BCUT2D eigenvalue weighted by molar-refractivity contribution is 7.89. The minimum atomic E-state index is -3.70. The average molecular weight is 343 g/mol. The molecule has 0 saturated carbocycles. The SMILES string of the molecule is CC(=NNS(=O)(=O)c1ccccc1)c1cc(Cl)ccc1Cl. The molecule has 1 N–H and O–H groups in total. The van der Waals surface area contributed by atoms with Gasteiger partial charge in [-0.25, -0.2) is 0 Å². The summed E-state index contributed by atoms with van der Waals surface area (Å²) in [5.74, 6) is 0. The van der Waals surface area contributed by atoms with Gasteiger partial charge < -0.3 is 0 Å². The molecule has 0 spiro atoms. The Bertz CT molecular complexity index is 775. The molecule has 7 heteroatoms. The molecule has 0 radical (unpaired) electrons. The van der Waals surface area contributed by atoms with Crippen LogP contribution in [0.3, 0.4) is 0 Å². The standard InChI is InChI=1S/C14H12Cl2N2O2S/c1-10(13-9-11(15)7-8-14(13)16)17-18-21(19,20)12-5-3-2-4-6-12/h2-9,18H,1H3. The van der Waals surface area contributed by atoms with Gasteiger partial charge in [0.25, 0.3) is 10.0 Å². The van der Waals surface area contributed by atoms with E-state index >= 15 is 0 Å². The third-order valence-corrected chi connectivity index (χ3v) is 4.49. The quantitative estimate of drug-likeness (QED) is 0.680. The molecule has 21 heavy (non-hydrogen) atoms. The highest BCUT2D eigenvalue weighted by atomic mass is 35.5. The van der Waals surface area contributed by atoms with Crippen LogP contribution in [0.5, 0.6) is 0 Å². The number of nitrogens with one attached hydrogen (secondary N) is 1. The van der Waals surface area contributed by atoms with Gasteiger partial charge in [-0.3, -0.25) is 0 Å². The predicted octanol–water partition coefficient (Wildman–Crippen LogP) is 3.70. The van der Waals surface area contributed by atoms with Crippen molar-refractivity contribution in [1.29, 1.82) is 0 Å². The summed E-state index contributed by atoms with van der Waals surface area (Å²) in [6.07, 6.45) is 0. The Morgan fingerprint density at radius 2 is 1.76 bits per heavy atom. The Kier molecular flexibility index (Phi) is 4.88. The van der Waals surface area contributed by atoms with E-state index in [9.17, 15) is 8.42 Å². The van der Waals surface area contributed by atoms with E-state index < -0.39 is 10.0 Å². The van der Waals surface area contributed by atoms with Gasteiger partial charge in [0.2, 0.25) is 0 Å². The zero-order valence-electron chi connectivity index (χ0n) is 11.0. The molecule has 0 unspecified atom stereocenters. The molecule has 0 aliphatic carbocycles. The van der Waals surface area contributed by atoms with E-state index in [0.717, 1.165) is 0 Å². The maximum Gasteiger partial charge on any atom is 0.276 e. The number of rotatable bonds is 4. The van der Waals surface area contributed by atoms with Crippen molar-refractivity contribution < 1.29 is 8.42 Å². The molecule has 0 amide bonds. The summed E-state index contributed by atoms with van der Waals surface area (Å²) < 4.78 is 24.1. The minimum Gasteiger partial charge on any atom is -0.200 e. The number of sulfonamides is 1. The van der Waals surface area contributed by atoms with Crippen LogP contribution in [0.25, 0.3) is 0 Å². The molecular weight excluding hydrogens is 331 g/mol. The van der Waals surface area contributed by atoms with Gasteiger partial charge in [-0.2, -0.15) is 18.4 Å². The molecular formula is C14H12Cl2N2O2S. The van der Waals surface area contributed by atoms with Crippen molar-refractivity contribution in [3.8, 4) is 0 Å². The van der Waals surface area contributed by atoms with Crippen LogP contribution in [0.1, 0.15) is 12.5 Å². The Balaban J connectivity index is 2.27.